The van der Waals surface area contributed by atoms with Gasteiger partial charge in [0.15, 0.2) is 0 Å². The summed E-state index contributed by atoms with van der Waals surface area (Å²) in [7, 11) is 0. The van der Waals surface area contributed by atoms with E-state index in [1.807, 2.05) is 12.1 Å². The van der Waals surface area contributed by atoms with Crippen molar-refractivity contribution in [2.45, 2.75) is 38.1 Å². The number of hydrogen-bond acceptors (Lipinski definition) is 3. The fourth-order valence-electron chi connectivity index (χ4n) is 2.94. The highest BCUT2D eigenvalue weighted by Crippen LogP contribution is 2.23. The Labute approximate surface area is 124 Å². The van der Waals surface area contributed by atoms with Gasteiger partial charge in [0.2, 0.25) is 5.91 Å². The number of amides is 2. The zero-order chi connectivity index (χ0) is 14.7. The standard InChI is InChI=1S/C16H21N3O2/c20-15-7-5-11-9-12(4-6-14(11)19-15)16(21)18-13-3-1-2-8-17-10-13/h4,6,9,13,17H,1-3,5,7-8,10H2,(H,18,21)(H,19,20). The fraction of sp³-hybridized carbons (Fsp3) is 0.500. The molecule has 1 fully saturated rings. The maximum absolute atomic E-state index is 12.3. The molecule has 2 amide bonds. The summed E-state index contributed by atoms with van der Waals surface area (Å²) in [5.41, 5.74) is 2.55. The van der Waals surface area contributed by atoms with Crippen molar-refractivity contribution >= 4 is 17.5 Å². The molecule has 2 aliphatic heterocycles. The summed E-state index contributed by atoms with van der Waals surface area (Å²) in [6.45, 7) is 1.87. The molecule has 1 aromatic carbocycles. The summed E-state index contributed by atoms with van der Waals surface area (Å²) in [6.07, 6.45) is 4.54. The Balaban J connectivity index is 1.68. The number of nitrogens with one attached hydrogen (secondary N) is 3. The molecule has 3 rings (SSSR count). The molecule has 112 valence electrons. The summed E-state index contributed by atoms with van der Waals surface area (Å²) in [5.74, 6) is 0.0210. The molecule has 1 saturated heterocycles. The van der Waals surface area contributed by atoms with E-state index in [0.717, 1.165) is 37.2 Å². The minimum atomic E-state index is -0.0246. The summed E-state index contributed by atoms with van der Waals surface area (Å²) in [5, 5.41) is 9.28. The highest BCUT2D eigenvalue weighted by atomic mass is 16.2. The minimum absolute atomic E-state index is 0.0246. The van der Waals surface area contributed by atoms with Gasteiger partial charge in [0.05, 0.1) is 0 Å². The van der Waals surface area contributed by atoms with Gasteiger partial charge in [0.25, 0.3) is 5.91 Å². The molecule has 3 N–H and O–H groups in total. The molecule has 0 saturated carbocycles. The van der Waals surface area contributed by atoms with Gasteiger partial charge in [0, 0.05) is 30.3 Å². The van der Waals surface area contributed by atoms with Gasteiger partial charge in [-0.15, -0.1) is 0 Å². The first-order valence-electron chi connectivity index (χ1n) is 7.67. The van der Waals surface area contributed by atoms with E-state index in [9.17, 15) is 9.59 Å². The summed E-state index contributed by atoms with van der Waals surface area (Å²) in [6, 6.07) is 5.71. The van der Waals surface area contributed by atoms with Crippen molar-refractivity contribution in [2.75, 3.05) is 18.4 Å². The van der Waals surface area contributed by atoms with Crippen LogP contribution in [0.3, 0.4) is 0 Å². The van der Waals surface area contributed by atoms with Crippen molar-refractivity contribution in [1.82, 2.24) is 10.6 Å². The number of carbonyl (C=O) groups excluding carboxylic acids is 2. The third-order valence-corrected chi connectivity index (χ3v) is 4.15. The SMILES string of the molecule is O=C1CCc2cc(C(=O)NC3CCCCNC3)ccc2N1. The van der Waals surface area contributed by atoms with Crippen LogP contribution >= 0.6 is 0 Å². The number of anilines is 1. The normalized spacial score (nSPS) is 21.9. The average molecular weight is 287 g/mol. The number of benzene rings is 1. The number of rotatable bonds is 2. The molecular formula is C16H21N3O2. The molecule has 0 radical (unpaired) electrons. The lowest BCUT2D eigenvalue weighted by atomic mass is 10.00. The van der Waals surface area contributed by atoms with Crippen LogP contribution in [0.4, 0.5) is 5.69 Å². The molecule has 1 atom stereocenters. The Hall–Kier alpha value is -1.88. The fourth-order valence-corrected chi connectivity index (χ4v) is 2.94. The summed E-state index contributed by atoms with van der Waals surface area (Å²) in [4.78, 5) is 23.7. The lowest BCUT2D eigenvalue weighted by Gasteiger charge is -2.19. The topological polar surface area (TPSA) is 70.2 Å². The van der Waals surface area contributed by atoms with Crippen LogP contribution in [0.15, 0.2) is 18.2 Å². The quantitative estimate of drug-likeness (QED) is 0.771. The van der Waals surface area contributed by atoms with Crippen molar-refractivity contribution in [1.29, 1.82) is 0 Å². The van der Waals surface area contributed by atoms with Crippen LogP contribution in [-0.2, 0) is 11.2 Å². The van der Waals surface area contributed by atoms with Crippen LogP contribution < -0.4 is 16.0 Å². The molecule has 0 spiro atoms. The predicted octanol–water partition coefficient (Wildman–Crippen LogP) is 1.44. The van der Waals surface area contributed by atoms with Crippen LogP contribution in [0.2, 0.25) is 0 Å². The van der Waals surface area contributed by atoms with Crippen molar-refractivity contribution in [3.05, 3.63) is 29.3 Å². The number of hydrogen-bond donors (Lipinski definition) is 3. The third-order valence-electron chi connectivity index (χ3n) is 4.15. The van der Waals surface area contributed by atoms with Crippen LogP contribution in [0.25, 0.3) is 0 Å². The molecule has 1 unspecified atom stereocenters. The zero-order valence-electron chi connectivity index (χ0n) is 12.1. The van der Waals surface area contributed by atoms with Crippen molar-refractivity contribution < 1.29 is 9.59 Å². The lowest BCUT2D eigenvalue weighted by Crippen LogP contribution is -2.40. The van der Waals surface area contributed by atoms with Gasteiger partial charge in [-0.3, -0.25) is 9.59 Å². The molecular weight excluding hydrogens is 266 g/mol. The Bertz CT molecular complexity index is 548. The Kier molecular flexibility index (Phi) is 4.20. The monoisotopic (exact) mass is 287 g/mol. The van der Waals surface area contributed by atoms with Crippen molar-refractivity contribution in [2.24, 2.45) is 0 Å². The van der Waals surface area contributed by atoms with E-state index in [4.69, 9.17) is 0 Å². The average Bonchev–Trinajstić information content (AvgIpc) is 2.75. The Morgan fingerprint density at radius 3 is 3.05 bits per heavy atom. The molecule has 0 aliphatic carbocycles. The van der Waals surface area contributed by atoms with E-state index >= 15 is 0 Å². The second-order valence-corrected chi connectivity index (χ2v) is 5.79. The van der Waals surface area contributed by atoms with E-state index in [-0.39, 0.29) is 17.9 Å². The first-order chi connectivity index (χ1) is 10.2. The number of fused-ring (bicyclic) bond motifs is 1. The number of carbonyl (C=O) groups is 2. The van der Waals surface area contributed by atoms with Gasteiger partial charge in [0.1, 0.15) is 0 Å². The summed E-state index contributed by atoms with van der Waals surface area (Å²) < 4.78 is 0. The van der Waals surface area contributed by atoms with Gasteiger partial charge in [-0.05, 0) is 49.6 Å². The first-order valence-corrected chi connectivity index (χ1v) is 7.67. The van der Waals surface area contributed by atoms with Crippen LogP contribution in [-0.4, -0.2) is 30.9 Å². The molecule has 2 aliphatic rings. The van der Waals surface area contributed by atoms with E-state index < -0.39 is 0 Å². The van der Waals surface area contributed by atoms with Gasteiger partial charge < -0.3 is 16.0 Å². The summed E-state index contributed by atoms with van der Waals surface area (Å²) >= 11 is 0. The smallest absolute Gasteiger partial charge is 0.251 e. The maximum Gasteiger partial charge on any atom is 0.251 e. The van der Waals surface area contributed by atoms with E-state index in [0.29, 0.717) is 18.4 Å². The molecule has 5 nitrogen and oxygen atoms in total. The van der Waals surface area contributed by atoms with E-state index in [1.54, 1.807) is 6.07 Å². The van der Waals surface area contributed by atoms with Crippen molar-refractivity contribution in [3.63, 3.8) is 0 Å². The molecule has 21 heavy (non-hydrogen) atoms. The lowest BCUT2D eigenvalue weighted by molar-refractivity contribution is -0.116. The first kappa shape index (κ1) is 14.1. The maximum atomic E-state index is 12.3. The van der Waals surface area contributed by atoms with Gasteiger partial charge in [-0.1, -0.05) is 6.42 Å². The molecule has 0 aromatic heterocycles. The molecule has 2 heterocycles. The predicted molar refractivity (Wildman–Crippen MR) is 81.4 cm³/mol. The number of aryl methyl sites for hydroxylation is 1. The minimum Gasteiger partial charge on any atom is -0.348 e. The second kappa shape index (κ2) is 6.26. The van der Waals surface area contributed by atoms with Crippen molar-refractivity contribution in [3.8, 4) is 0 Å². The van der Waals surface area contributed by atoms with Gasteiger partial charge in [-0.2, -0.15) is 0 Å². The molecule has 0 bridgehead atoms. The van der Waals surface area contributed by atoms with E-state index in [2.05, 4.69) is 16.0 Å². The largest absolute Gasteiger partial charge is 0.348 e. The second-order valence-electron chi connectivity index (χ2n) is 5.79. The third kappa shape index (κ3) is 3.42. The van der Waals surface area contributed by atoms with Crippen LogP contribution in [0.1, 0.15) is 41.6 Å². The van der Waals surface area contributed by atoms with E-state index in [1.165, 1.54) is 6.42 Å². The Morgan fingerprint density at radius 1 is 1.24 bits per heavy atom. The highest BCUT2D eigenvalue weighted by molar-refractivity contribution is 5.98. The van der Waals surface area contributed by atoms with Gasteiger partial charge in [-0.25, -0.2) is 0 Å². The molecule has 1 aromatic rings. The zero-order valence-corrected chi connectivity index (χ0v) is 12.1. The molecule has 5 heteroatoms. The van der Waals surface area contributed by atoms with Crippen LogP contribution in [0, 0.1) is 0 Å². The van der Waals surface area contributed by atoms with Crippen LogP contribution in [0.5, 0.6) is 0 Å². The Morgan fingerprint density at radius 2 is 2.14 bits per heavy atom. The van der Waals surface area contributed by atoms with Gasteiger partial charge >= 0.3 is 0 Å². The highest BCUT2D eigenvalue weighted by Gasteiger charge is 2.19.